The van der Waals surface area contributed by atoms with E-state index < -0.39 is 17.9 Å². The Bertz CT molecular complexity index is 597. The summed E-state index contributed by atoms with van der Waals surface area (Å²) >= 11 is 0. The minimum Gasteiger partial charge on any atom is -0.355 e. The van der Waals surface area contributed by atoms with Crippen molar-refractivity contribution in [3.8, 4) is 0 Å². The van der Waals surface area contributed by atoms with Gasteiger partial charge in [-0.3, -0.25) is 24.2 Å². The van der Waals surface area contributed by atoms with Crippen LogP contribution in [0.3, 0.4) is 0 Å². The van der Waals surface area contributed by atoms with Crippen LogP contribution in [0.5, 0.6) is 0 Å². The van der Waals surface area contributed by atoms with E-state index in [-0.39, 0.29) is 30.8 Å². The number of carbonyl (C=O) groups excluding carboxylic acids is 4. The maximum atomic E-state index is 12.5. The number of hydroxylamine groups is 2. The molecule has 0 spiro atoms. The van der Waals surface area contributed by atoms with Gasteiger partial charge in [-0.1, -0.05) is 0 Å². The highest BCUT2D eigenvalue weighted by molar-refractivity contribution is 6.01. The SMILES string of the molecule is C[13CH]1[13CH](C(=O)NCCCCN[13C](=O)ON2C(=O)CCC2=O)[15N]([13CH3])[13CH2][13CH]([13CH3])[15N]1[13CH3]. The van der Waals surface area contributed by atoms with Crippen molar-refractivity contribution < 1.29 is 24.0 Å². The molecule has 2 aliphatic rings. The molecule has 4 amide bonds. The molecule has 0 saturated carbocycles. The molecule has 0 aliphatic carbocycles. The molecule has 2 rings (SSSR count). The maximum Gasteiger partial charge on any atom is 0.432 e. The van der Waals surface area contributed by atoms with Gasteiger partial charge in [0, 0.05) is 44.6 Å². The van der Waals surface area contributed by atoms with E-state index in [0.29, 0.717) is 37.0 Å². The van der Waals surface area contributed by atoms with E-state index in [0.717, 1.165) is 6.54 Å². The minimum atomic E-state index is -0.831. The van der Waals surface area contributed by atoms with Gasteiger partial charge < -0.3 is 15.5 Å². The molecule has 2 fully saturated rings. The van der Waals surface area contributed by atoms with Crippen LogP contribution in [0.25, 0.3) is 0 Å². The number of piperazine rings is 1. The number of hydrogen-bond acceptors (Lipinski definition) is 7. The van der Waals surface area contributed by atoms with E-state index >= 15 is 0 Å². The Morgan fingerprint density at radius 1 is 1.04 bits per heavy atom. The zero-order valence-electron chi connectivity index (χ0n) is 17.1. The third kappa shape index (κ3) is 5.41. The molecule has 10 heteroatoms. The largest absolute Gasteiger partial charge is 0.432 e. The van der Waals surface area contributed by atoms with Crippen molar-refractivity contribution in [3.05, 3.63) is 0 Å². The topological polar surface area (TPSA) is 111 Å². The smallest absolute Gasteiger partial charge is 0.355 e. The molecule has 0 aromatic rings. The maximum absolute atomic E-state index is 12.5. The second-order valence-corrected chi connectivity index (χ2v) is 7.53. The third-order valence-corrected chi connectivity index (χ3v) is 5.44. The molecule has 3 atom stereocenters. The third-order valence-electron chi connectivity index (χ3n) is 5.44. The number of nitrogens with one attached hydrogen (secondary N) is 2. The molecule has 10 nitrogen and oxygen atoms in total. The molecule has 3 unspecified atom stereocenters. The number of likely N-dealkylation sites (N-methyl/N-ethyl adjacent to an activating group) is 2. The summed E-state index contributed by atoms with van der Waals surface area (Å²) in [7, 11) is 4.01. The molecule has 158 valence electrons. The van der Waals surface area contributed by atoms with Gasteiger partial charge in [0.05, 0.1) is 0 Å². The zero-order valence-corrected chi connectivity index (χ0v) is 17.1. The van der Waals surface area contributed by atoms with Crippen molar-refractivity contribution in [2.24, 2.45) is 0 Å². The lowest BCUT2D eigenvalue weighted by atomic mass is 10.3. The highest BCUT2D eigenvalue weighted by Crippen LogP contribution is 2.18. The van der Waals surface area contributed by atoms with E-state index in [9.17, 15) is 19.2 Å². The van der Waals surface area contributed by atoms with E-state index in [2.05, 4.69) is 34.3 Å². The fourth-order valence-electron chi connectivity index (χ4n) is 3.60. The zero-order chi connectivity index (χ0) is 20.8. The summed E-state index contributed by atoms with van der Waals surface area (Å²) in [6.45, 7) is 5.88. The van der Waals surface area contributed by atoms with Gasteiger partial charge in [-0.05, 0) is 40.8 Å². The van der Waals surface area contributed by atoms with E-state index in [1.807, 2.05) is 14.1 Å². The molecule has 2 aliphatic heterocycles. The first-order chi connectivity index (χ1) is 13.2. The van der Waals surface area contributed by atoms with Gasteiger partial charge >= 0.3 is 6.09 Å². The minimum absolute atomic E-state index is 0.00665. The lowest BCUT2D eigenvalue weighted by Crippen LogP contribution is -2.64. The van der Waals surface area contributed by atoms with Gasteiger partial charge in [0.25, 0.3) is 11.8 Å². The van der Waals surface area contributed by atoms with Crippen molar-refractivity contribution in [2.75, 3.05) is 33.7 Å². The number of amides is 4. The van der Waals surface area contributed by atoms with Crippen molar-refractivity contribution >= 4 is 23.8 Å². The molecule has 2 N–H and O–H groups in total. The van der Waals surface area contributed by atoms with Crippen LogP contribution in [0.15, 0.2) is 0 Å². The van der Waals surface area contributed by atoms with Crippen LogP contribution >= 0.6 is 0 Å². The van der Waals surface area contributed by atoms with Crippen LogP contribution in [-0.4, -0.2) is 90.5 Å². The van der Waals surface area contributed by atoms with Crippen LogP contribution in [0.4, 0.5) is 4.79 Å². The standard InChI is InChI=1S/C18H31N5O5/c1-12-11-21(3)16(13(2)22(12)4)17(26)19-9-5-6-10-20-18(27)28-23-14(24)7-8-15(23)25/h12-13,16H,5-11H2,1-4H3,(H,19,26)(H,20,27)/i1+1,3+1,4+1,11+1,12+1,13+1,16+1,18+1,21+1,22+1. The number of nitrogens with zero attached hydrogens (tertiary/aromatic N) is 3. The molecule has 0 aromatic carbocycles. The number of imide groups is 1. The van der Waals surface area contributed by atoms with E-state index in [4.69, 9.17) is 4.84 Å². The number of carbonyl (C=O) groups is 4. The molecular formula is C18H31N5O5. The fraction of sp³-hybridized carbons (Fsp3) is 0.778. The van der Waals surface area contributed by atoms with Gasteiger partial charge in [0.1, 0.15) is 6.04 Å². The summed E-state index contributed by atoms with van der Waals surface area (Å²) in [6, 6.07) is 0.340. The first kappa shape index (κ1) is 22.1. The highest BCUT2D eigenvalue weighted by Gasteiger charge is 2.38. The lowest BCUT2D eigenvalue weighted by Gasteiger charge is -2.46. The Morgan fingerprint density at radius 2 is 1.61 bits per heavy atom. The van der Waals surface area contributed by atoms with E-state index in [1.165, 1.54) is 0 Å². The molecule has 0 aromatic heterocycles. The van der Waals surface area contributed by atoms with Gasteiger partial charge in [0.15, 0.2) is 0 Å². The molecular weight excluding hydrogens is 376 g/mol. The Labute approximate surface area is 165 Å². The Kier molecular flexibility index (Phi) is 7.76. The average Bonchev–Trinajstić information content (AvgIpc) is 2.94. The normalized spacial score (nSPS) is 26.4. The summed E-state index contributed by atoms with van der Waals surface area (Å²) in [5.41, 5.74) is 0. The number of rotatable bonds is 7. The lowest BCUT2D eigenvalue weighted by molar-refractivity contribution is -0.171. The number of hydrogen-bond donors (Lipinski definition) is 2. The molecule has 0 bridgehead atoms. The van der Waals surface area contributed by atoms with Crippen LogP contribution < -0.4 is 10.6 Å². The van der Waals surface area contributed by atoms with Gasteiger partial charge in [-0.2, -0.15) is 0 Å². The van der Waals surface area contributed by atoms with Crippen molar-refractivity contribution in [2.45, 2.75) is 57.7 Å². The second-order valence-electron chi connectivity index (χ2n) is 7.53. The monoisotopic (exact) mass is 407 g/mol. The quantitative estimate of drug-likeness (QED) is 0.258. The van der Waals surface area contributed by atoms with Crippen LogP contribution in [-0.2, 0) is 19.2 Å². The number of unbranched alkanes of at least 4 members (excludes halogenated alkanes) is 1. The van der Waals surface area contributed by atoms with Crippen LogP contribution in [0, 0.1) is 0 Å². The first-order valence-electron chi connectivity index (χ1n) is 9.73. The fourth-order valence-corrected chi connectivity index (χ4v) is 3.60. The molecule has 2 heterocycles. The van der Waals surface area contributed by atoms with Crippen molar-refractivity contribution in [1.82, 2.24) is 25.5 Å². The summed E-state index contributed by atoms with van der Waals surface area (Å²) in [5, 5.41) is 5.96. The second kappa shape index (κ2) is 9.83. The Balaban J connectivity index is 1.61. The Morgan fingerprint density at radius 3 is 2.21 bits per heavy atom. The molecule has 28 heavy (non-hydrogen) atoms. The molecule has 0 radical (unpaired) electrons. The highest BCUT2D eigenvalue weighted by atomic mass is 16.8. The summed E-state index contributed by atoms with van der Waals surface area (Å²) in [4.78, 5) is 55.9. The van der Waals surface area contributed by atoms with Gasteiger partial charge in [-0.15, -0.1) is 5.06 Å². The van der Waals surface area contributed by atoms with Crippen molar-refractivity contribution in [1.29, 1.82) is 0 Å². The summed E-state index contributed by atoms with van der Waals surface area (Å²) < 4.78 is 0. The van der Waals surface area contributed by atoms with Gasteiger partial charge in [-0.25, -0.2) is 4.79 Å². The summed E-state index contributed by atoms with van der Waals surface area (Å²) in [6.07, 6.45) is 0.613. The molecule has 2 saturated heterocycles. The van der Waals surface area contributed by atoms with Gasteiger partial charge in [0.2, 0.25) is 5.91 Å². The predicted molar refractivity (Wildman–Crippen MR) is 101 cm³/mol. The van der Waals surface area contributed by atoms with E-state index in [1.54, 1.807) is 0 Å². The van der Waals surface area contributed by atoms with Crippen LogP contribution in [0.2, 0.25) is 0 Å². The van der Waals surface area contributed by atoms with Crippen LogP contribution in [0.1, 0.15) is 39.5 Å². The summed E-state index contributed by atoms with van der Waals surface area (Å²) in [5.74, 6) is -1.01. The van der Waals surface area contributed by atoms with Crippen molar-refractivity contribution in [3.63, 3.8) is 0 Å². The Hall–Kier alpha value is -2.20. The predicted octanol–water partition coefficient (Wildman–Crippen LogP) is -0.304. The first-order valence-corrected chi connectivity index (χ1v) is 9.73. The average molecular weight is 407 g/mol.